The number of carboxylic acid groups (broad SMARTS) is 1. The van der Waals surface area contributed by atoms with Gasteiger partial charge in [-0.2, -0.15) is 0 Å². The molecule has 558 valence electrons. The number of ether oxygens (including phenoxy) is 4. The number of quaternary nitrogens is 1. The van der Waals surface area contributed by atoms with Gasteiger partial charge in [0.15, 0.2) is 12.4 Å². The van der Waals surface area contributed by atoms with Crippen molar-refractivity contribution in [2.75, 3.05) is 47.5 Å². The van der Waals surface area contributed by atoms with Crippen molar-refractivity contribution in [2.24, 2.45) is 0 Å². The fraction of sp³-hybridized carbons (Fsp3) is 0.941. The lowest BCUT2D eigenvalue weighted by Gasteiger charge is -2.26. The standard InChI is InChI=1S/C85H165NO8/c1-6-8-10-12-14-16-18-20-22-24-26-28-30-32-34-36-37-38-39-40-41-42-43-44-45-46-48-49-51-53-55-57-59-61-63-65-67-69-71-73-75-82(87)92-79-81(80-93-85(84(89)90)91-78-77-86(3,4)5)94-83(88)76-74-72-70-68-66-64-62-60-58-56-54-52-50-47-35-33-31-29-27-25-23-21-19-17-15-13-11-9-7-2/h25,27,81,85H,6-24,26,28-80H2,1-5H3/b27-25-. The Hall–Kier alpha value is -1.97. The summed E-state index contributed by atoms with van der Waals surface area (Å²) in [4.78, 5) is 37.6. The van der Waals surface area contributed by atoms with Gasteiger partial charge in [-0.25, -0.2) is 0 Å². The van der Waals surface area contributed by atoms with Gasteiger partial charge in [0, 0.05) is 12.8 Å². The van der Waals surface area contributed by atoms with E-state index in [0.717, 1.165) is 38.5 Å². The highest BCUT2D eigenvalue weighted by atomic mass is 16.7. The quantitative estimate of drug-likeness (QED) is 0.0195. The van der Waals surface area contributed by atoms with E-state index >= 15 is 0 Å². The van der Waals surface area contributed by atoms with Crippen LogP contribution in [0.2, 0.25) is 0 Å². The molecule has 0 bridgehead atoms. The van der Waals surface area contributed by atoms with Gasteiger partial charge in [-0.1, -0.05) is 418 Å². The van der Waals surface area contributed by atoms with Crippen LogP contribution in [0.25, 0.3) is 0 Å². The molecule has 94 heavy (non-hydrogen) atoms. The predicted octanol–water partition coefficient (Wildman–Crippen LogP) is 25.8. The van der Waals surface area contributed by atoms with Crippen molar-refractivity contribution < 1.29 is 42.9 Å². The van der Waals surface area contributed by atoms with Crippen molar-refractivity contribution in [3.05, 3.63) is 12.2 Å². The maximum atomic E-state index is 13.0. The van der Waals surface area contributed by atoms with E-state index < -0.39 is 24.3 Å². The molecular weight excluding hydrogens is 1160 g/mol. The molecule has 2 unspecified atom stereocenters. The number of unbranched alkanes of at least 4 members (excludes halogenated alkanes) is 64. The Balaban J connectivity index is 3.90. The summed E-state index contributed by atoms with van der Waals surface area (Å²) in [6, 6.07) is 0. The highest BCUT2D eigenvalue weighted by Gasteiger charge is 2.22. The lowest BCUT2D eigenvalue weighted by atomic mass is 10.0. The summed E-state index contributed by atoms with van der Waals surface area (Å²) in [7, 11) is 5.96. The second-order valence-corrected chi connectivity index (χ2v) is 30.5. The van der Waals surface area contributed by atoms with Gasteiger partial charge in [0.2, 0.25) is 0 Å². The molecule has 9 nitrogen and oxygen atoms in total. The maximum absolute atomic E-state index is 13.0. The predicted molar refractivity (Wildman–Crippen MR) is 403 cm³/mol. The first-order chi connectivity index (χ1) is 46.1. The van der Waals surface area contributed by atoms with Crippen LogP contribution >= 0.6 is 0 Å². The lowest BCUT2D eigenvalue weighted by Crippen LogP contribution is -2.44. The van der Waals surface area contributed by atoms with Crippen molar-refractivity contribution in [1.82, 2.24) is 0 Å². The minimum atomic E-state index is -1.62. The summed E-state index contributed by atoms with van der Waals surface area (Å²) < 4.78 is 22.9. The molecule has 0 aliphatic carbocycles. The summed E-state index contributed by atoms with van der Waals surface area (Å²) >= 11 is 0. The van der Waals surface area contributed by atoms with Crippen molar-refractivity contribution in [3.63, 3.8) is 0 Å². The van der Waals surface area contributed by atoms with E-state index in [4.69, 9.17) is 18.9 Å². The zero-order valence-electron chi connectivity index (χ0n) is 64.1. The number of allylic oxidation sites excluding steroid dienone is 2. The van der Waals surface area contributed by atoms with E-state index in [1.165, 1.54) is 392 Å². The first kappa shape index (κ1) is 92.0. The third-order valence-corrected chi connectivity index (χ3v) is 19.8. The Morgan fingerprint density at radius 1 is 0.309 bits per heavy atom. The van der Waals surface area contributed by atoms with Crippen LogP contribution in [0.3, 0.4) is 0 Å². The molecule has 0 saturated heterocycles. The SMILES string of the molecule is CCCCCCCCCC/C=C\CCCCCCCCCCCCCCCCCCCC(=O)OC(COC(=O)CCCCCCCCCCCCCCCCCCCCCCCCCCCCCCCCCCCCCCCCCC)COC(OCC[N+](C)(C)C)C(=O)[O-]. The molecule has 0 saturated carbocycles. The molecule has 0 aliphatic rings. The molecule has 0 aliphatic heterocycles. The number of nitrogens with zero attached hydrogens (tertiary/aromatic N) is 1. The number of carbonyl (C=O) groups excluding carboxylic acids is 3. The number of rotatable bonds is 81. The fourth-order valence-corrected chi connectivity index (χ4v) is 13.3. The van der Waals surface area contributed by atoms with Gasteiger partial charge in [0.25, 0.3) is 0 Å². The lowest BCUT2D eigenvalue weighted by molar-refractivity contribution is -0.870. The topological polar surface area (TPSA) is 111 Å². The third-order valence-electron chi connectivity index (χ3n) is 19.8. The minimum Gasteiger partial charge on any atom is -0.545 e. The van der Waals surface area contributed by atoms with Crippen molar-refractivity contribution in [2.45, 2.75) is 469 Å². The van der Waals surface area contributed by atoms with Crippen LogP contribution in [0.15, 0.2) is 12.2 Å². The number of carbonyl (C=O) groups is 3. The smallest absolute Gasteiger partial charge is 0.306 e. The molecule has 0 rings (SSSR count). The molecule has 0 aromatic heterocycles. The Kier molecular flexibility index (Phi) is 75.2. The summed E-state index contributed by atoms with van der Waals surface area (Å²) in [5.41, 5.74) is 0. The van der Waals surface area contributed by atoms with Crippen LogP contribution < -0.4 is 5.11 Å². The zero-order chi connectivity index (χ0) is 68.2. The minimum absolute atomic E-state index is 0.153. The van der Waals surface area contributed by atoms with Crippen LogP contribution in [0.5, 0.6) is 0 Å². The second-order valence-electron chi connectivity index (χ2n) is 30.5. The third kappa shape index (κ3) is 77.4. The summed E-state index contributed by atoms with van der Waals surface area (Å²) in [6.07, 6.45) is 93.7. The number of aliphatic carboxylic acids is 1. The van der Waals surface area contributed by atoms with Crippen LogP contribution in [0.4, 0.5) is 0 Å². The van der Waals surface area contributed by atoms with Gasteiger partial charge in [-0.3, -0.25) is 9.59 Å². The van der Waals surface area contributed by atoms with Crippen molar-refractivity contribution in [1.29, 1.82) is 0 Å². The van der Waals surface area contributed by atoms with E-state index in [1.54, 1.807) is 0 Å². The van der Waals surface area contributed by atoms with Crippen LogP contribution in [0.1, 0.15) is 457 Å². The maximum Gasteiger partial charge on any atom is 0.306 e. The molecule has 0 aromatic carbocycles. The van der Waals surface area contributed by atoms with Crippen LogP contribution in [-0.2, 0) is 33.3 Å². The molecule has 0 amide bonds. The Bertz CT molecular complexity index is 1550. The highest BCUT2D eigenvalue weighted by Crippen LogP contribution is 2.21. The van der Waals surface area contributed by atoms with E-state index in [1.807, 2.05) is 21.1 Å². The van der Waals surface area contributed by atoms with Crippen LogP contribution in [-0.4, -0.2) is 82.3 Å². The molecule has 9 heteroatoms. The Morgan fingerprint density at radius 3 is 0.787 bits per heavy atom. The zero-order valence-corrected chi connectivity index (χ0v) is 64.1. The molecular formula is C85H165NO8. The number of likely N-dealkylation sites (N-methyl/N-ethyl adjacent to an activating group) is 1. The van der Waals surface area contributed by atoms with Crippen molar-refractivity contribution >= 4 is 17.9 Å². The average Bonchev–Trinajstić information content (AvgIpc) is 3.72. The molecule has 0 fully saturated rings. The number of hydrogen-bond acceptors (Lipinski definition) is 8. The van der Waals surface area contributed by atoms with Gasteiger partial charge in [0.05, 0.1) is 40.3 Å². The van der Waals surface area contributed by atoms with Gasteiger partial charge < -0.3 is 33.3 Å². The molecule has 2 atom stereocenters. The molecule has 0 heterocycles. The molecule has 0 spiro atoms. The van der Waals surface area contributed by atoms with Gasteiger partial charge in [0.1, 0.15) is 13.2 Å². The first-order valence-corrected chi connectivity index (χ1v) is 42.3. The summed E-state index contributed by atoms with van der Waals surface area (Å²) in [5, 5.41) is 11.9. The summed E-state index contributed by atoms with van der Waals surface area (Å²) in [6.45, 7) is 4.85. The number of esters is 2. The van der Waals surface area contributed by atoms with E-state index in [-0.39, 0.29) is 32.2 Å². The van der Waals surface area contributed by atoms with Gasteiger partial charge in [-0.15, -0.1) is 0 Å². The second kappa shape index (κ2) is 76.8. The van der Waals surface area contributed by atoms with E-state index in [2.05, 4.69) is 26.0 Å². The highest BCUT2D eigenvalue weighted by molar-refractivity contribution is 5.70. The number of carboxylic acids is 1. The fourth-order valence-electron chi connectivity index (χ4n) is 13.3. The van der Waals surface area contributed by atoms with Gasteiger partial charge in [-0.05, 0) is 38.5 Å². The van der Waals surface area contributed by atoms with Crippen LogP contribution in [0, 0.1) is 0 Å². The van der Waals surface area contributed by atoms with Crippen molar-refractivity contribution in [3.8, 4) is 0 Å². The molecule has 0 N–H and O–H groups in total. The molecule has 0 aromatic rings. The molecule has 0 radical (unpaired) electrons. The largest absolute Gasteiger partial charge is 0.545 e. The monoisotopic (exact) mass is 1330 g/mol. The Labute approximate surface area is 586 Å². The summed E-state index contributed by atoms with van der Waals surface area (Å²) in [5.74, 6) is -2.24. The first-order valence-electron chi connectivity index (χ1n) is 42.3. The van der Waals surface area contributed by atoms with E-state index in [9.17, 15) is 19.5 Å². The number of hydrogen-bond donors (Lipinski definition) is 0. The average molecular weight is 1330 g/mol. The Morgan fingerprint density at radius 2 is 0.543 bits per heavy atom. The normalized spacial score (nSPS) is 12.6. The van der Waals surface area contributed by atoms with Gasteiger partial charge >= 0.3 is 11.9 Å². The van der Waals surface area contributed by atoms with E-state index in [0.29, 0.717) is 17.4 Å².